The first-order valence-electron chi connectivity index (χ1n) is 6.09. The molecule has 0 amide bonds. The van der Waals surface area contributed by atoms with E-state index < -0.39 is 0 Å². The smallest absolute Gasteiger partial charge is 0.192 e. The van der Waals surface area contributed by atoms with Crippen molar-refractivity contribution in [3.8, 4) is 0 Å². The normalized spacial score (nSPS) is 12.2. The Morgan fingerprint density at radius 2 is 2.12 bits per heavy atom. The average molecular weight is 232 g/mol. The molecule has 0 bridgehead atoms. The quantitative estimate of drug-likeness (QED) is 0.880. The van der Waals surface area contributed by atoms with Crippen molar-refractivity contribution in [3.63, 3.8) is 0 Å². The molecule has 0 spiro atoms. The first-order valence-corrected chi connectivity index (χ1v) is 6.09. The van der Waals surface area contributed by atoms with Crippen LogP contribution in [0, 0.1) is 6.92 Å². The summed E-state index contributed by atoms with van der Waals surface area (Å²) < 4.78 is 5.45. The lowest BCUT2D eigenvalue weighted by Gasteiger charge is -2.17. The van der Waals surface area contributed by atoms with Crippen LogP contribution in [-0.4, -0.2) is 10.5 Å². The number of rotatable bonds is 4. The number of fused-ring (bicyclic) bond motifs is 1. The fourth-order valence-corrected chi connectivity index (χ4v) is 1.99. The van der Waals surface area contributed by atoms with Crippen LogP contribution in [0.15, 0.2) is 22.6 Å². The van der Waals surface area contributed by atoms with E-state index in [-0.39, 0.29) is 5.54 Å². The van der Waals surface area contributed by atoms with Crippen molar-refractivity contribution >= 4 is 11.1 Å². The molecule has 0 aliphatic heterocycles. The highest BCUT2D eigenvalue weighted by atomic mass is 16.3. The van der Waals surface area contributed by atoms with Crippen LogP contribution < -0.4 is 5.73 Å². The molecule has 1 aromatic heterocycles. The molecule has 2 rings (SSSR count). The van der Waals surface area contributed by atoms with E-state index in [1.165, 1.54) is 5.56 Å². The van der Waals surface area contributed by atoms with E-state index in [0.717, 1.165) is 36.3 Å². The number of aryl methyl sites for hydroxylation is 2. The van der Waals surface area contributed by atoms with Crippen LogP contribution in [-0.2, 0) is 6.42 Å². The van der Waals surface area contributed by atoms with Crippen molar-refractivity contribution in [2.45, 2.75) is 45.6 Å². The van der Waals surface area contributed by atoms with Crippen LogP contribution in [0.4, 0.5) is 0 Å². The summed E-state index contributed by atoms with van der Waals surface area (Å²) in [7, 11) is 0. The van der Waals surface area contributed by atoms with Crippen LogP contribution in [0.3, 0.4) is 0 Å². The van der Waals surface area contributed by atoms with Crippen molar-refractivity contribution in [2.24, 2.45) is 5.73 Å². The lowest BCUT2D eigenvalue weighted by atomic mass is 9.97. The van der Waals surface area contributed by atoms with Crippen molar-refractivity contribution < 1.29 is 4.42 Å². The Balaban J connectivity index is 2.04. The molecule has 0 atom stereocenters. The molecule has 0 saturated carbocycles. The minimum Gasteiger partial charge on any atom is -0.441 e. The summed E-state index contributed by atoms with van der Waals surface area (Å²) in [5, 5.41) is 0. The number of oxazole rings is 1. The molecule has 1 aromatic carbocycles. The number of aromatic nitrogens is 1. The van der Waals surface area contributed by atoms with Crippen molar-refractivity contribution in [1.82, 2.24) is 4.98 Å². The predicted molar refractivity (Wildman–Crippen MR) is 70.0 cm³/mol. The Morgan fingerprint density at radius 3 is 2.82 bits per heavy atom. The summed E-state index contributed by atoms with van der Waals surface area (Å²) in [6.45, 7) is 6.00. The molecule has 1 heterocycles. The van der Waals surface area contributed by atoms with Gasteiger partial charge in [-0.1, -0.05) is 6.07 Å². The highest BCUT2D eigenvalue weighted by Crippen LogP contribution is 2.18. The van der Waals surface area contributed by atoms with Gasteiger partial charge in [0.1, 0.15) is 5.52 Å². The molecular formula is C14H20N2O. The topological polar surface area (TPSA) is 52.0 Å². The summed E-state index contributed by atoms with van der Waals surface area (Å²) in [6, 6.07) is 6.21. The number of hydrogen-bond acceptors (Lipinski definition) is 3. The Bertz CT molecular complexity index is 508. The standard InChI is InChI=1S/C14H20N2O/c1-10-16-12-9-11(6-7-13(12)17-10)5-4-8-14(2,3)15/h6-7,9H,4-5,8,15H2,1-3H3. The highest BCUT2D eigenvalue weighted by molar-refractivity contribution is 5.73. The summed E-state index contributed by atoms with van der Waals surface area (Å²) >= 11 is 0. The summed E-state index contributed by atoms with van der Waals surface area (Å²) in [5.74, 6) is 0.722. The zero-order valence-electron chi connectivity index (χ0n) is 10.8. The van der Waals surface area contributed by atoms with Crippen molar-refractivity contribution in [2.75, 3.05) is 0 Å². The van der Waals surface area contributed by atoms with Crippen LogP contribution in [0.5, 0.6) is 0 Å². The minimum atomic E-state index is -0.0748. The van der Waals surface area contributed by atoms with Crippen LogP contribution >= 0.6 is 0 Å². The molecule has 2 aromatic rings. The van der Waals surface area contributed by atoms with Gasteiger partial charge in [-0.2, -0.15) is 0 Å². The van der Waals surface area contributed by atoms with E-state index in [9.17, 15) is 0 Å². The van der Waals surface area contributed by atoms with Crippen LogP contribution in [0.1, 0.15) is 38.1 Å². The Hall–Kier alpha value is -1.35. The van der Waals surface area contributed by atoms with E-state index in [2.05, 4.69) is 31.0 Å². The monoisotopic (exact) mass is 232 g/mol. The van der Waals surface area contributed by atoms with E-state index in [0.29, 0.717) is 0 Å². The molecule has 92 valence electrons. The Morgan fingerprint density at radius 1 is 1.35 bits per heavy atom. The minimum absolute atomic E-state index is 0.0748. The largest absolute Gasteiger partial charge is 0.441 e. The number of benzene rings is 1. The molecule has 0 unspecified atom stereocenters. The first kappa shape index (κ1) is 12.1. The van der Waals surface area contributed by atoms with E-state index in [4.69, 9.17) is 10.2 Å². The summed E-state index contributed by atoms with van der Waals surface area (Å²) in [6.07, 6.45) is 3.18. The molecule has 0 aliphatic rings. The van der Waals surface area contributed by atoms with Gasteiger partial charge in [-0.25, -0.2) is 4.98 Å². The lowest BCUT2D eigenvalue weighted by Crippen LogP contribution is -2.31. The predicted octanol–water partition coefficient (Wildman–Crippen LogP) is 3.20. The second kappa shape index (κ2) is 4.49. The van der Waals surface area contributed by atoms with Crippen LogP contribution in [0.25, 0.3) is 11.1 Å². The third-order valence-corrected chi connectivity index (χ3v) is 2.85. The SMILES string of the molecule is Cc1nc2cc(CCCC(C)(C)N)ccc2o1. The lowest BCUT2D eigenvalue weighted by molar-refractivity contribution is 0.459. The van der Waals surface area contributed by atoms with Gasteiger partial charge < -0.3 is 10.2 Å². The molecular weight excluding hydrogens is 212 g/mol. The first-order chi connectivity index (χ1) is 7.94. The highest BCUT2D eigenvalue weighted by Gasteiger charge is 2.10. The van der Waals surface area contributed by atoms with E-state index >= 15 is 0 Å². The van der Waals surface area contributed by atoms with Crippen LogP contribution in [0.2, 0.25) is 0 Å². The third kappa shape index (κ3) is 3.30. The zero-order valence-corrected chi connectivity index (χ0v) is 10.8. The van der Waals surface area contributed by atoms with E-state index in [1.54, 1.807) is 0 Å². The molecule has 0 saturated heterocycles. The molecule has 0 fully saturated rings. The van der Waals surface area contributed by atoms with Gasteiger partial charge in [0.25, 0.3) is 0 Å². The molecule has 2 N–H and O–H groups in total. The Kier molecular flexibility index (Phi) is 3.20. The molecule has 17 heavy (non-hydrogen) atoms. The third-order valence-electron chi connectivity index (χ3n) is 2.85. The van der Waals surface area contributed by atoms with Gasteiger partial charge in [-0.05, 0) is 50.8 Å². The Labute approximate surface area is 102 Å². The molecule has 0 radical (unpaired) electrons. The molecule has 3 heteroatoms. The van der Waals surface area contributed by atoms with Gasteiger partial charge in [-0.15, -0.1) is 0 Å². The maximum Gasteiger partial charge on any atom is 0.192 e. The zero-order chi connectivity index (χ0) is 12.5. The average Bonchev–Trinajstić information content (AvgIpc) is 2.55. The molecule has 3 nitrogen and oxygen atoms in total. The number of hydrogen-bond donors (Lipinski definition) is 1. The van der Waals surface area contributed by atoms with Gasteiger partial charge in [0.2, 0.25) is 0 Å². The number of nitrogens with zero attached hydrogens (tertiary/aromatic N) is 1. The fourth-order valence-electron chi connectivity index (χ4n) is 1.99. The summed E-state index contributed by atoms with van der Waals surface area (Å²) in [5.41, 5.74) is 9.01. The van der Waals surface area contributed by atoms with Gasteiger partial charge in [0.15, 0.2) is 11.5 Å². The van der Waals surface area contributed by atoms with Crippen molar-refractivity contribution in [1.29, 1.82) is 0 Å². The second-order valence-corrected chi connectivity index (χ2v) is 5.38. The van der Waals surface area contributed by atoms with Gasteiger partial charge in [0.05, 0.1) is 0 Å². The van der Waals surface area contributed by atoms with Gasteiger partial charge in [0, 0.05) is 12.5 Å². The van der Waals surface area contributed by atoms with Gasteiger partial charge >= 0.3 is 0 Å². The van der Waals surface area contributed by atoms with Crippen molar-refractivity contribution in [3.05, 3.63) is 29.7 Å². The summed E-state index contributed by atoms with van der Waals surface area (Å²) in [4.78, 5) is 4.34. The maximum absolute atomic E-state index is 5.97. The molecule has 0 aliphatic carbocycles. The maximum atomic E-state index is 5.97. The second-order valence-electron chi connectivity index (χ2n) is 5.38. The van der Waals surface area contributed by atoms with Gasteiger partial charge in [-0.3, -0.25) is 0 Å². The number of nitrogens with two attached hydrogens (primary N) is 1. The van der Waals surface area contributed by atoms with E-state index in [1.807, 2.05) is 13.0 Å². The fraction of sp³-hybridized carbons (Fsp3) is 0.500.